The molecule has 2 aromatic carbocycles. The molecule has 8 heteroatoms. The average Bonchev–Trinajstić information content (AvgIpc) is 3.56. The molecule has 5 nitrogen and oxygen atoms in total. The van der Waals surface area contributed by atoms with E-state index in [4.69, 9.17) is 20.9 Å². The minimum absolute atomic E-state index is 0.0423. The number of hydrogen-bond acceptors (Lipinski definition) is 6. The second-order valence-corrected chi connectivity index (χ2v) is 11.7. The van der Waals surface area contributed by atoms with Crippen LogP contribution >= 0.6 is 38.6 Å². The number of thiophene rings is 1. The Bertz CT molecular complexity index is 1790. The lowest BCUT2D eigenvalue weighted by Gasteiger charge is -2.30. The van der Waals surface area contributed by atoms with Gasteiger partial charge < -0.3 is 9.47 Å². The summed E-state index contributed by atoms with van der Waals surface area (Å²) < 4.78 is 14.7. The first-order valence-electron chi connectivity index (χ1n) is 12.3. The second-order valence-electron chi connectivity index (χ2n) is 8.88. The maximum absolute atomic E-state index is 13.9. The zero-order valence-corrected chi connectivity index (χ0v) is 23.8. The standard InChI is InChI=1S/C30H23BrN2O3S2/c1-3-13-36-28-22(31)15-18(16-23(28)35-4-2)17-25-29(34)33-27(24-10-7-14-37-24)21-12-11-19-8-5-6-9-20(19)26(21)32-30(33)38-25/h1,5-10,14-17,27H,4,11-13H2,2H3. The van der Waals surface area contributed by atoms with Crippen LogP contribution in [0.2, 0.25) is 0 Å². The van der Waals surface area contributed by atoms with Gasteiger partial charge in [-0.3, -0.25) is 9.36 Å². The third kappa shape index (κ3) is 4.35. The summed E-state index contributed by atoms with van der Waals surface area (Å²) in [5.74, 6) is 3.60. The maximum atomic E-state index is 13.9. The number of aryl methyl sites for hydroxylation is 1. The molecule has 3 heterocycles. The summed E-state index contributed by atoms with van der Waals surface area (Å²) in [4.78, 5) is 20.9. The van der Waals surface area contributed by atoms with E-state index in [0.29, 0.717) is 31.9 Å². The zero-order valence-electron chi connectivity index (χ0n) is 20.6. The molecular formula is C30H23BrN2O3S2. The molecule has 0 spiro atoms. The number of benzene rings is 2. The highest BCUT2D eigenvalue weighted by Gasteiger charge is 2.33. The van der Waals surface area contributed by atoms with Gasteiger partial charge in [0, 0.05) is 10.4 Å². The number of aromatic nitrogens is 1. The molecule has 4 aromatic rings. The Balaban J connectivity index is 1.53. The molecule has 0 saturated heterocycles. The smallest absolute Gasteiger partial charge is 0.271 e. The summed E-state index contributed by atoms with van der Waals surface area (Å²) in [5.41, 5.74) is 5.47. The van der Waals surface area contributed by atoms with E-state index in [0.717, 1.165) is 29.0 Å². The number of terminal acetylenes is 1. The van der Waals surface area contributed by atoms with Crippen molar-refractivity contribution in [1.29, 1.82) is 0 Å². The predicted molar refractivity (Wildman–Crippen MR) is 157 cm³/mol. The molecule has 2 aromatic heterocycles. The highest BCUT2D eigenvalue weighted by atomic mass is 79.9. The molecule has 190 valence electrons. The minimum Gasteiger partial charge on any atom is -0.490 e. The van der Waals surface area contributed by atoms with Gasteiger partial charge >= 0.3 is 0 Å². The number of hydrogen-bond donors (Lipinski definition) is 0. The van der Waals surface area contributed by atoms with Crippen LogP contribution in [0.3, 0.4) is 0 Å². The molecule has 0 bridgehead atoms. The molecule has 0 saturated carbocycles. The molecule has 0 N–H and O–H groups in total. The fourth-order valence-electron chi connectivity index (χ4n) is 5.06. The topological polar surface area (TPSA) is 52.8 Å². The summed E-state index contributed by atoms with van der Waals surface area (Å²) in [5, 5.41) is 2.07. The largest absolute Gasteiger partial charge is 0.490 e. The van der Waals surface area contributed by atoms with Crippen LogP contribution in [0, 0.1) is 12.3 Å². The summed E-state index contributed by atoms with van der Waals surface area (Å²) in [6.07, 6.45) is 9.10. The van der Waals surface area contributed by atoms with Crippen LogP contribution in [0.15, 0.2) is 73.7 Å². The van der Waals surface area contributed by atoms with Gasteiger partial charge in [0.05, 0.1) is 27.4 Å². The van der Waals surface area contributed by atoms with Crippen molar-refractivity contribution in [2.75, 3.05) is 13.2 Å². The van der Waals surface area contributed by atoms with Gasteiger partial charge in [-0.05, 0) is 82.1 Å². The number of nitrogens with zero attached hydrogens (tertiary/aromatic N) is 2. The van der Waals surface area contributed by atoms with Crippen molar-refractivity contribution in [2.45, 2.75) is 25.8 Å². The monoisotopic (exact) mass is 602 g/mol. The summed E-state index contributed by atoms with van der Waals surface area (Å²) in [6, 6.07) is 16.2. The Morgan fingerprint density at radius 1 is 1.21 bits per heavy atom. The Hall–Kier alpha value is -3.38. The lowest BCUT2D eigenvalue weighted by atomic mass is 9.85. The van der Waals surface area contributed by atoms with E-state index in [-0.39, 0.29) is 18.2 Å². The summed E-state index contributed by atoms with van der Waals surface area (Å²) in [6.45, 7) is 2.51. The number of ether oxygens (including phenoxy) is 2. The Labute approximate surface area is 236 Å². The van der Waals surface area contributed by atoms with E-state index >= 15 is 0 Å². The van der Waals surface area contributed by atoms with E-state index in [1.807, 2.05) is 35.8 Å². The normalized spacial score (nSPS) is 16.2. The lowest BCUT2D eigenvalue weighted by molar-refractivity contribution is 0.298. The van der Waals surface area contributed by atoms with Gasteiger partial charge in [0.1, 0.15) is 6.61 Å². The molecule has 2 aliphatic rings. The van der Waals surface area contributed by atoms with Crippen LogP contribution < -0.4 is 24.4 Å². The van der Waals surface area contributed by atoms with Gasteiger partial charge in [-0.2, -0.15) is 0 Å². The van der Waals surface area contributed by atoms with Gasteiger partial charge in [0.2, 0.25) is 0 Å². The van der Waals surface area contributed by atoms with Crippen molar-refractivity contribution in [3.8, 4) is 23.8 Å². The van der Waals surface area contributed by atoms with Crippen LogP contribution in [0.4, 0.5) is 0 Å². The Kier molecular flexibility index (Phi) is 6.83. The van der Waals surface area contributed by atoms with E-state index < -0.39 is 0 Å². The third-order valence-corrected chi connectivity index (χ3v) is 9.11. The van der Waals surface area contributed by atoms with E-state index in [9.17, 15) is 4.79 Å². The first kappa shape index (κ1) is 24.9. The Morgan fingerprint density at radius 3 is 2.87 bits per heavy atom. The number of halogens is 1. The maximum Gasteiger partial charge on any atom is 0.271 e. The van der Waals surface area contributed by atoms with Gasteiger partial charge in [-0.15, -0.1) is 17.8 Å². The molecule has 1 aliphatic heterocycles. The Morgan fingerprint density at radius 2 is 2.08 bits per heavy atom. The lowest BCUT2D eigenvalue weighted by Crippen LogP contribution is -2.38. The number of fused-ring (bicyclic) bond motifs is 3. The number of rotatable bonds is 6. The van der Waals surface area contributed by atoms with E-state index in [2.05, 4.69) is 57.6 Å². The van der Waals surface area contributed by atoms with Crippen LogP contribution in [-0.2, 0) is 6.42 Å². The molecule has 1 atom stereocenters. The van der Waals surface area contributed by atoms with Crippen LogP contribution in [0.5, 0.6) is 11.5 Å². The van der Waals surface area contributed by atoms with Crippen molar-refractivity contribution >= 4 is 50.4 Å². The molecular weight excluding hydrogens is 580 g/mol. The highest BCUT2D eigenvalue weighted by Crippen LogP contribution is 2.42. The molecule has 0 amide bonds. The average molecular weight is 604 g/mol. The minimum atomic E-state index is -0.151. The molecule has 38 heavy (non-hydrogen) atoms. The summed E-state index contributed by atoms with van der Waals surface area (Å²) >= 11 is 6.68. The van der Waals surface area contributed by atoms with E-state index in [1.165, 1.54) is 28.0 Å². The third-order valence-electron chi connectivity index (χ3n) is 6.61. The fourth-order valence-corrected chi connectivity index (χ4v) is 7.48. The highest BCUT2D eigenvalue weighted by molar-refractivity contribution is 9.10. The zero-order chi connectivity index (χ0) is 26.2. The van der Waals surface area contributed by atoms with Gasteiger partial charge in [-0.25, -0.2) is 4.99 Å². The first-order chi connectivity index (χ1) is 18.6. The van der Waals surface area contributed by atoms with Gasteiger partial charge in [0.25, 0.3) is 5.56 Å². The fraction of sp³-hybridized carbons (Fsp3) is 0.200. The predicted octanol–water partition coefficient (Wildman–Crippen LogP) is 5.55. The summed E-state index contributed by atoms with van der Waals surface area (Å²) in [7, 11) is 0. The van der Waals surface area contributed by atoms with Crippen molar-refractivity contribution in [3.63, 3.8) is 0 Å². The quantitative estimate of drug-likeness (QED) is 0.272. The number of thiazole rings is 1. The van der Waals surface area contributed by atoms with Crippen molar-refractivity contribution in [1.82, 2.24) is 4.57 Å². The van der Waals surface area contributed by atoms with Crippen LogP contribution in [0.25, 0.3) is 11.8 Å². The molecule has 1 unspecified atom stereocenters. The van der Waals surface area contributed by atoms with Crippen LogP contribution in [0.1, 0.15) is 41.0 Å². The van der Waals surface area contributed by atoms with Crippen molar-refractivity contribution in [3.05, 3.63) is 105 Å². The molecule has 0 fully saturated rings. The van der Waals surface area contributed by atoms with Gasteiger partial charge in [-0.1, -0.05) is 47.6 Å². The molecule has 1 aliphatic carbocycles. The molecule has 0 radical (unpaired) electrons. The SMILES string of the molecule is C#CCOc1c(Br)cc(C=c2sc3n(c2=O)C(c2cccs2)C2=C(N=3)c3ccccc3CC2)cc1OCC. The van der Waals surface area contributed by atoms with Gasteiger partial charge in [0.15, 0.2) is 16.3 Å². The first-order valence-corrected chi connectivity index (χ1v) is 14.8. The van der Waals surface area contributed by atoms with Crippen LogP contribution in [-0.4, -0.2) is 17.8 Å². The van der Waals surface area contributed by atoms with E-state index in [1.54, 1.807) is 11.3 Å². The molecule has 6 rings (SSSR count). The second kappa shape index (κ2) is 10.4. The van der Waals surface area contributed by atoms with Crippen molar-refractivity contribution < 1.29 is 9.47 Å². The van der Waals surface area contributed by atoms with Crippen molar-refractivity contribution in [2.24, 2.45) is 4.99 Å². The number of allylic oxidation sites excluding steroid dienone is 1.